The smallest absolute Gasteiger partial charge is 0.243 e. The highest BCUT2D eigenvalue weighted by Gasteiger charge is 2.30. The number of sulfonamides is 1. The minimum Gasteiger partial charge on any atom is -0.352 e. The lowest BCUT2D eigenvalue weighted by Gasteiger charge is -2.33. The lowest BCUT2D eigenvalue weighted by molar-refractivity contribution is -0.141. The molecule has 7 nitrogen and oxygen atoms in total. The van der Waals surface area contributed by atoms with E-state index in [0.717, 1.165) is 31.9 Å². The summed E-state index contributed by atoms with van der Waals surface area (Å²) >= 11 is 5.95. The Bertz CT molecular complexity index is 1170. The van der Waals surface area contributed by atoms with Gasteiger partial charge >= 0.3 is 0 Å². The maximum absolute atomic E-state index is 13.5. The molecule has 38 heavy (non-hydrogen) atoms. The standard InChI is InChI=1S/C28H37ClFN3O4S/c1-3-26(28(35)31-24-8-5-4-6-9-24)32(20-21-11-15-23(30)16-12-21)27(34)10-7-19-33(38(2,36)37)25-17-13-22(29)14-18-25/h11-18,24,26H,3-10,19-20H2,1-2H3,(H,31,35)/t26-/m0/s1. The van der Waals surface area contributed by atoms with Crippen molar-refractivity contribution in [1.29, 1.82) is 0 Å². The van der Waals surface area contributed by atoms with Crippen molar-refractivity contribution in [3.63, 3.8) is 0 Å². The Kier molecular flexibility index (Phi) is 11.0. The first kappa shape index (κ1) is 29.9. The molecule has 0 spiro atoms. The summed E-state index contributed by atoms with van der Waals surface area (Å²) in [6.07, 6.45) is 7.02. The third kappa shape index (κ3) is 8.70. The first-order valence-electron chi connectivity index (χ1n) is 13.2. The third-order valence-electron chi connectivity index (χ3n) is 6.87. The predicted molar refractivity (Wildman–Crippen MR) is 149 cm³/mol. The van der Waals surface area contributed by atoms with Crippen LogP contribution in [-0.4, -0.2) is 50.0 Å². The lowest BCUT2D eigenvalue weighted by atomic mass is 9.95. The summed E-state index contributed by atoms with van der Waals surface area (Å²) in [5.41, 5.74) is 1.17. The van der Waals surface area contributed by atoms with Crippen LogP contribution >= 0.6 is 11.6 Å². The quantitative estimate of drug-likeness (QED) is 0.379. The zero-order valence-corrected chi connectivity index (χ0v) is 23.6. The van der Waals surface area contributed by atoms with E-state index in [1.54, 1.807) is 41.3 Å². The van der Waals surface area contributed by atoms with Gasteiger partial charge < -0.3 is 10.2 Å². The third-order valence-corrected chi connectivity index (χ3v) is 8.32. The van der Waals surface area contributed by atoms with Crippen LogP contribution in [0, 0.1) is 5.82 Å². The number of benzene rings is 2. The van der Waals surface area contributed by atoms with Crippen molar-refractivity contribution in [3.8, 4) is 0 Å². The summed E-state index contributed by atoms with van der Waals surface area (Å²) in [5.74, 6) is -0.824. The second-order valence-electron chi connectivity index (χ2n) is 9.83. The molecular weight excluding hydrogens is 529 g/mol. The summed E-state index contributed by atoms with van der Waals surface area (Å²) in [6, 6.07) is 11.8. The molecule has 1 aliphatic rings. The fourth-order valence-electron chi connectivity index (χ4n) is 4.86. The van der Waals surface area contributed by atoms with Gasteiger partial charge in [0.2, 0.25) is 21.8 Å². The van der Waals surface area contributed by atoms with E-state index >= 15 is 0 Å². The van der Waals surface area contributed by atoms with Crippen molar-refractivity contribution in [3.05, 3.63) is 64.9 Å². The molecule has 0 heterocycles. The molecule has 2 aromatic rings. The van der Waals surface area contributed by atoms with E-state index in [1.807, 2.05) is 6.92 Å². The van der Waals surface area contributed by atoms with Gasteiger partial charge in [-0.2, -0.15) is 0 Å². The Morgan fingerprint density at radius 1 is 1.05 bits per heavy atom. The van der Waals surface area contributed by atoms with Crippen molar-refractivity contribution in [1.82, 2.24) is 10.2 Å². The molecule has 0 aromatic heterocycles. The van der Waals surface area contributed by atoms with E-state index < -0.39 is 16.1 Å². The zero-order chi connectivity index (χ0) is 27.7. The molecule has 1 aliphatic carbocycles. The van der Waals surface area contributed by atoms with Crippen LogP contribution in [0.5, 0.6) is 0 Å². The van der Waals surface area contributed by atoms with Crippen molar-refractivity contribution >= 4 is 39.1 Å². The highest BCUT2D eigenvalue weighted by molar-refractivity contribution is 7.92. The van der Waals surface area contributed by atoms with Gasteiger partial charge in [0.1, 0.15) is 11.9 Å². The molecule has 10 heteroatoms. The Labute approximate surface area is 230 Å². The fourth-order valence-corrected chi connectivity index (χ4v) is 5.95. The molecule has 2 amide bonds. The zero-order valence-electron chi connectivity index (χ0n) is 22.0. The van der Waals surface area contributed by atoms with E-state index in [4.69, 9.17) is 11.6 Å². The van der Waals surface area contributed by atoms with E-state index in [9.17, 15) is 22.4 Å². The highest BCUT2D eigenvalue weighted by Crippen LogP contribution is 2.22. The molecule has 3 rings (SSSR count). The molecule has 208 valence electrons. The molecule has 1 N–H and O–H groups in total. The van der Waals surface area contributed by atoms with Crippen LogP contribution in [0.1, 0.15) is 63.9 Å². The van der Waals surface area contributed by atoms with Crippen molar-refractivity contribution < 1.29 is 22.4 Å². The van der Waals surface area contributed by atoms with Gasteiger partial charge in [0.25, 0.3) is 0 Å². The van der Waals surface area contributed by atoms with Crippen LogP contribution in [0.15, 0.2) is 48.5 Å². The number of amides is 2. The Hall–Kier alpha value is -2.65. The molecular formula is C28H37ClFN3O4S. The molecule has 0 radical (unpaired) electrons. The van der Waals surface area contributed by atoms with Crippen LogP contribution in [0.3, 0.4) is 0 Å². The molecule has 0 bridgehead atoms. The van der Waals surface area contributed by atoms with Gasteiger partial charge in [0.15, 0.2) is 0 Å². The molecule has 2 aromatic carbocycles. The van der Waals surface area contributed by atoms with Crippen LogP contribution in [0.25, 0.3) is 0 Å². The van der Waals surface area contributed by atoms with E-state index in [2.05, 4.69) is 5.32 Å². The van der Waals surface area contributed by atoms with Gasteiger partial charge in [-0.25, -0.2) is 12.8 Å². The lowest BCUT2D eigenvalue weighted by Crippen LogP contribution is -2.51. The normalized spacial score (nSPS) is 15.1. The number of hydrogen-bond donors (Lipinski definition) is 1. The number of rotatable bonds is 12. The maximum Gasteiger partial charge on any atom is 0.243 e. The highest BCUT2D eigenvalue weighted by atomic mass is 35.5. The topological polar surface area (TPSA) is 86.8 Å². The first-order valence-corrected chi connectivity index (χ1v) is 15.4. The SMILES string of the molecule is CC[C@@H](C(=O)NC1CCCCC1)N(Cc1ccc(F)cc1)C(=O)CCCN(c1ccc(Cl)cc1)S(C)(=O)=O. The summed E-state index contributed by atoms with van der Waals surface area (Å²) in [5, 5.41) is 3.62. The van der Waals surface area contributed by atoms with Gasteiger partial charge in [0.05, 0.1) is 11.9 Å². The van der Waals surface area contributed by atoms with Crippen molar-refractivity contribution in [2.45, 2.75) is 76.9 Å². The fraction of sp³-hybridized carbons (Fsp3) is 0.500. The van der Waals surface area contributed by atoms with Crippen molar-refractivity contribution in [2.24, 2.45) is 0 Å². The predicted octanol–water partition coefficient (Wildman–Crippen LogP) is 5.28. The van der Waals surface area contributed by atoms with Gasteiger partial charge in [-0.15, -0.1) is 0 Å². The van der Waals surface area contributed by atoms with Crippen LogP contribution in [0.4, 0.5) is 10.1 Å². The average Bonchev–Trinajstić information content (AvgIpc) is 2.88. The number of nitrogens with zero attached hydrogens (tertiary/aromatic N) is 2. The number of anilines is 1. The molecule has 0 unspecified atom stereocenters. The number of nitrogens with one attached hydrogen (secondary N) is 1. The number of carbonyl (C=O) groups is 2. The molecule has 1 fully saturated rings. The van der Waals surface area contributed by atoms with Gasteiger partial charge in [-0.1, -0.05) is 49.9 Å². The molecule has 1 atom stereocenters. The summed E-state index contributed by atoms with van der Waals surface area (Å²) in [4.78, 5) is 28.3. The molecule has 1 saturated carbocycles. The summed E-state index contributed by atoms with van der Waals surface area (Å²) in [6.45, 7) is 2.12. The minimum atomic E-state index is -3.59. The summed E-state index contributed by atoms with van der Waals surface area (Å²) < 4.78 is 39.6. The van der Waals surface area contributed by atoms with Crippen LogP contribution < -0.4 is 9.62 Å². The van der Waals surface area contributed by atoms with Crippen LogP contribution in [0.2, 0.25) is 5.02 Å². The second-order valence-corrected chi connectivity index (χ2v) is 12.2. The first-order chi connectivity index (χ1) is 18.1. The van der Waals surface area contributed by atoms with Gasteiger partial charge in [-0.3, -0.25) is 13.9 Å². The Morgan fingerprint density at radius 2 is 1.68 bits per heavy atom. The molecule has 0 saturated heterocycles. The Morgan fingerprint density at radius 3 is 2.26 bits per heavy atom. The second kappa shape index (κ2) is 13.9. The largest absolute Gasteiger partial charge is 0.352 e. The molecule has 0 aliphatic heterocycles. The van der Waals surface area contributed by atoms with Gasteiger partial charge in [-0.05, 0) is 67.6 Å². The maximum atomic E-state index is 13.5. The number of carbonyl (C=O) groups excluding carboxylic acids is 2. The van der Waals surface area contributed by atoms with E-state index in [0.29, 0.717) is 22.7 Å². The monoisotopic (exact) mass is 565 g/mol. The Balaban J connectivity index is 1.74. The van der Waals surface area contributed by atoms with Crippen LogP contribution in [-0.2, 0) is 26.2 Å². The van der Waals surface area contributed by atoms with Crippen molar-refractivity contribution in [2.75, 3.05) is 17.1 Å². The number of halogens is 2. The van der Waals surface area contributed by atoms with E-state index in [1.165, 1.54) is 22.9 Å². The summed E-state index contributed by atoms with van der Waals surface area (Å²) in [7, 11) is -3.59. The average molecular weight is 566 g/mol. The number of hydrogen-bond acceptors (Lipinski definition) is 4. The van der Waals surface area contributed by atoms with E-state index in [-0.39, 0.29) is 49.6 Å². The van der Waals surface area contributed by atoms with Gasteiger partial charge in [0, 0.05) is 30.6 Å². The minimum absolute atomic E-state index is 0.0496.